The minimum atomic E-state index is -1.08. The van der Waals surface area contributed by atoms with Crippen molar-refractivity contribution in [1.82, 2.24) is 9.47 Å². The largest absolute Gasteiger partial charge is 0.477 e. The van der Waals surface area contributed by atoms with Crippen LogP contribution in [0.5, 0.6) is 0 Å². The molecule has 3 rings (SSSR count). The smallest absolute Gasteiger partial charge is 0.353 e. The minimum Gasteiger partial charge on any atom is -0.477 e. The molecule has 1 N–H and O–H groups in total. The van der Waals surface area contributed by atoms with Crippen LogP contribution in [0.15, 0.2) is 59.4 Å². The maximum Gasteiger partial charge on any atom is 0.353 e. The lowest BCUT2D eigenvalue weighted by molar-refractivity contribution is 0.0684. The molecule has 0 aliphatic rings. The van der Waals surface area contributed by atoms with Crippen molar-refractivity contribution in [3.8, 4) is 11.1 Å². The number of hydrogen-bond acceptors (Lipinski definition) is 3. The summed E-state index contributed by atoms with van der Waals surface area (Å²) in [5, 5.41) is 11.2. The van der Waals surface area contributed by atoms with Crippen LogP contribution in [0, 0.1) is 0 Å². The Bertz CT molecular complexity index is 1020. The first-order chi connectivity index (χ1) is 13.6. The van der Waals surface area contributed by atoms with Gasteiger partial charge in [0.2, 0.25) is 0 Å². The van der Waals surface area contributed by atoms with Gasteiger partial charge in [0.25, 0.3) is 5.56 Å². The molecule has 0 atom stereocenters. The summed E-state index contributed by atoms with van der Waals surface area (Å²) >= 11 is 0. The quantitative estimate of drug-likeness (QED) is 0.641. The van der Waals surface area contributed by atoms with E-state index in [4.69, 9.17) is 0 Å². The minimum absolute atomic E-state index is 0.0643. The van der Waals surface area contributed by atoms with E-state index >= 15 is 0 Å². The van der Waals surface area contributed by atoms with Gasteiger partial charge in [-0.2, -0.15) is 0 Å². The summed E-state index contributed by atoms with van der Waals surface area (Å²) in [6, 6.07) is 16.7. The van der Waals surface area contributed by atoms with Crippen LogP contribution in [-0.4, -0.2) is 40.2 Å². The Morgan fingerprint density at radius 1 is 0.964 bits per heavy atom. The summed E-state index contributed by atoms with van der Waals surface area (Å²) in [7, 11) is 0. The molecule has 0 aliphatic carbocycles. The summed E-state index contributed by atoms with van der Waals surface area (Å²) in [5.74, 6) is -1.08. The number of pyridine rings is 1. The van der Waals surface area contributed by atoms with Gasteiger partial charge in [0, 0.05) is 17.5 Å². The van der Waals surface area contributed by atoms with Crippen molar-refractivity contribution < 1.29 is 9.90 Å². The Morgan fingerprint density at radius 2 is 1.57 bits per heavy atom. The number of benzene rings is 2. The highest BCUT2D eigenvalue weighted by molar-refractivity contribution is 6.06. The Hall–Kier alpha value is -2.92. The predicted molar refractivity (Wildman–Crippen MR) is 113 cm³/mol. The van der Waals surface area contributed by atoms with Gasteiger partial charge in [-0.25, -0.2) is 4.79 Å². The van der Waals surface area contributed by atoms with Crippen LogP contribution in [0.2, 0.25) is 0 Å². The van der Waals surface area contributed by atoms with E-state index in [1.807, 2.05) is 48.5 Å². The molecule has 0 saturated heterocycles. The van der Waals surface area contributed by atoms with Crippen LogP contribution in [0.4, 0.5) is 0 Å². The molecule has 1 heterocycles. The zero-order chi connectivity index (χ0) is 20.1. The average molecular weight is 378 g/mol. The lowest BCUT2D eigenvalue weighted by Gasteiger charge is -2.20. The van der Waals surface area contributed by atoms with E-state index in [1.165, 1.54) is 4.57 Å². The highest BCUT2D eigenvalue weighted by atomic mass is 16.4. The molecule has 0 aliphatic heterocycles. The molecule has 0 spiro atoms. The van der Waals surface area contributed by atoms with Crippen molar-refractivity contribution in [3.05, 3.63) is 70.6 Å². The second-order valence-electron chi connectivity index (χ2n) is 6.78. The highest BCUT2D eigenvalue weighted by Crippen LogP contribution is 2.30. The fourth-order valence-corrected chi connectivity index (χ4v) is 3.72. The molecular formula is C23H26N2O3. The molecular weight excluding hydrogens is 352 g/mol. The van der Waals surface area contributed by atoms with Crippen molar-refractivity contribution in [2.45, 2.75) is 26.8 Å². The van der Waals surface area contributed by atoms with E-state index < -0.39 is 5.97 Å². The molecule has 5 nitrogen and oxygen atoms in total. The maximum atomic E-state index is 13.1. The number of fused-ring (bicyclic) bond motifs is 1. The summed E-state index contributed by atoms with van der Waals surface area (Å²) in [6.07, 6.45) is 0.717. The molecule has 0 bridgehead atoms. The lowest BCUT2D eigenvalue weighted by atomic mass is 9.96. The predicted octanol–water partition coefficient (Wildman–Crippen LogP) is 4.10. The van der Waals surface area contributed by atoms with Crippen molar-refractivity contribution in [2.24, 2.45) is 0 Å². The Morgan fingerprint density at radius 3 is 2.18 bits per heavy atom. The average Bonchev–Trinajstić information content (AvgIpc) is 2.73. The Labute approximate surface area is 164 Å². The summed E-state index contributed by atoms with van der Waals surface area (Å²) in [5.41, 5.74) is 1.22. The maximum absolute atomic E-state index is 13.1. The number of carboxylic acid groups (broad SMARTS) is 1. The molecule has 0 unspecified atom stereocenters. The van der Waals surface area contributed by atoms with E-state index in [1.54, 1.807) is 6.07 Å². The number of carboxylic acids is 1. The topological polar surface area (TPSA) is 62.5 Å². The van der Waals surface area contributed by atoms with Gasteiger partial charge in [-0.15, -0.1) is 0 Å². The Balaban J connectivity index is 2.20. The normalized spacial score (nSPS) is 11.2. The van der Waals surface area contributed by atoms with Crippen molar-refractivity contribution >= 4 is 16.7 Å². The van der Waals surface area contributed by atoms with Crippen LogP contribution in [-0.2, 0) is 6.54 Å². The number of carbonyl (C=O) groups is 1. The van der Waals surface area contributed by atoms with Gasteiger partial charge < -0.3 is 14.6 Å². The fraction of sp³-hybridized carbons (Fsp3) is 0.304. The number of hydrogen-bond donors (Lipinski definition) is 1. The third-order valence-electron chi connectivity index (χ3n) is 5.19. The second kappa shape index (κ2) is 8.85. The zero-order valence-electron chi connectivity index (χ0n) is 16.4. The first-order valence-corrected chi connectivity index (χ1v) is 9.75. The molecule has 28 heavy (non-hydrogen) atoms. The Kier molecular flexibility index (Phi) is 6.26. The van der Waals surface area contributed by atoms with Crippen molar-refractivity contribution in [2.75, 3.05) is 19.6 Å². The number of aromatic nitrogens is 1. The zero-order valence-corrected chi connectivity index (χ0v) is 16.4. The van der Waals surface area contributed by atoms with Crippen molar-refractivity contribution in [1.29, 1.82) is 0 Å². The number of aromatic carboxylic acids is 1. The van der Waals surface area contributed by atoms with Gasteiger partial charge >= 0.3 is 5.97 Å². The van der Waals surface area contributed by atoms with Gasteiger partial charge in [0.15, 0.2) is 0 Å². The van der Waals surface area contributed by atoms with Crippen molar-refractivity contribution in [3.63, 3.8) is 0 Å². The molecule has 0 fully saturated rings. The fourth-order valence-electron chi connectivity index (χ4n) is 3.72. The van der Waals surface area contributed by atoms with E-state index in [0.29, 0.717) is 29.3 Å². The SMILES string of the molecule is CCN(CC)CCCn1c(C(=O)O)c(-c2ccccc2)c2ccccc2c1=O. The number of nitrogens with zero attached hydrogens (tertiary/aromatic N) is 2. The monoisotopic (exact) mass is 378 g/mol. The van der Waals surface area contributed by atoms with Gasteiger partial charge in [-0.3, -0.25) is 4.79 Å². The molecule has 146 valence electrons. The van der Waals surface area contributed by atoms with Crippen LogP contribution < -0.4 is 5.56 Å². The first-order valence-electron chi connectivity index (χ1n) is 9.75. The third kappa shape index (κ3) is 3.85. The molecule has 2 aromatic carbocycles. The summed E-state index contributed by atoms with van der Waals surface area (Å²) in [4.78, 5) is 27.7. The summed E-state index contributed by atoms with van der Waals surface area (Å²) in [6.45, 7) is 7.27. The lowest BCUT2D eigenvalue weighted by Crippen LogP contribution is -2.30. The molecule has 0 amide bonds. The van der Waals surface area contributed by atoms with Crippen LogP contribution in [0.1, 0.15) is 30.8 Å². The van der Waals surface area contributed by atoms with Crippen LogP contribution in [0.25, 0.3) is 21.9 Å². The summed E-state index contributed by atoms with van der Waals surface area (Å²) < 4.78 is 1.44. The molecule has 1 aromatic heterocycles. The second-order valence-corrected chi connectivity index (χ2v) is 6.78. The molecule has 3 aromatic rings. The number of rotatable bonds is 8. The molecule has 0 saturated carbocycles. The highest BCUT2D eigenvalue weighted by Gasteiger charge is 2.22. The van der Waals surface area contributed by atoms with E-state index in [2.05, 4.69) is 18.7 Å². The molecule has 0 radical (unpaired) electrons. The van der Waals surface area contributed by atoms with Gasteiger partial charge in [0.1, 0.15) is 5.69 Å². The van der Waals surface area contributed by atoms with Gasteiger partial charge in [0.05, 0.1) is 0 Å². The third-order valence-corrected chi connectivity index (χ3v) is 5.19. The van der Waals surface area contributed by atoms with Crippen LogP contribution in [0.3, 0.4) is 0 Å². The van der Waals surface area contributed by atoms with Gasteiger partial charge in [-0.1, -0.05) is 62.4 Å². The van der Waals surface area contributed by atoms with E-state index in [-0.39, 0.29) is 11.3 Å². The van der Waals surface area contributed by atoms with Gasteiger partial charge in [-0.05, 0) is 43.1 Å². The van der Waals surface area contributed by atoms with Crippen LogP contribution >= 0.6 is 0 Å². The molecule has 5 heteroatoms. The van der Waals surface area contributed by atoms with E-state index in [0.717, 1.165) is 25.2 Å². The van der Waals surface area contributed by atoms with E-state index in [9.17, 15) is 14.7 Å². The first kappa shape index (κ1) is 19.8. The standard InChI is InChI=1S/C23H26N2O3/c1-3-24(4-2)15-10-16-25-21(23(27)28)20(17-11-6-5-7-12-17)18-13-8-9-14-19(18)22(25)26/h5-9,11-14H,3-4,10,15-16H2,1-2H3,(H,27,28).